The van der Waals surface area contributed by atoms with Crippen LogP contribution in [-0.4, -0.2) is 72.7 Å². The molecule has 0 aliphatic carbocycles. The molecule has 1 atom stereocenters. The smallest absolute Gasteiger partial charge is 0.308 e. The lowest BCUT2D eigenvalue weighted by Crippen LogP contribution is -2.60. The van der Waals surface area contributed by atoms with E-state index in [0.717, 1.165) is 0 Å². The Hall–Kier alpha value is -3.21. The highest BCUT2D eigenvalue weighted by Crippen LogP contribution is 2.12. The second-order valence-electron chi connectivity index (χ2n) is 7.16. The molecule has 1 heterocycles. The number of nitrogens with zero attached hydrogens (tertiary/aromatic N) is 1. The molecule has 0 saturated carbocycles. The summed E-state index contributed by atoms with van der Waals surface area (Å²) in [5.41, 5.74) is 0. The zero-order chi connectivity index (χ0) is 24.1. The minimum atomic E-state index is -0.913. The number of carbonyl (C=O) groups excluding carboxylic acids is 4. The van der Waals surface area contributed by atoms with Crippen molar-refractivity contribution in [3.63, 3.8) is 0 Å². The zero-order valence-electron chi connectivity index (χ0n) is 18.5. The van der Waals surface area contributed by atoms with Crippen molar-refractivity contribution in [1.29, 1.82) is 0 Å². The van der Waals surface area contributed by atoms with Gasteiger partial charge in [-0.05, 0) is 30.8 Å². The predicted octanol–water partition coefficient (Wildman–Crippen LogP) is 0.934. The lowest BCUT2D eigenvalue weighted by Gasteiger charge is -2.36. The topological polar surface area (TPSA) is 123 Å². The van der Waals surface area contributed by atoms with Crippen LogP contribution in [0.1, 0.15) is 32.6 Å². The molecule has 10 nitrogen and oxygen atoms in total. The molecule has 1 unspecified atom stereocenters. The van der Waals surface area contributed by atoms with Crippen LogP contribution in [0.2, 0.25) is 0 Å². The fraction of sp³-hybridized carbons (Fsp3) is 0.500. The number of hydrogen-bond donors (Lipinski definition) is 2. The Morgan fingerprint density at radius 3 is 2.55 bits per heavy atom. The third-order valence-electron chi connectivity index (χ3n) is 4.58. The number of amides is 2. The first kappa shape index (κ1) is 26.0. The van der Waals surface area contributed by atoms with Crippen LogP contribution < -0.4 is 15.4 Å². The van der Waals surface area contributed by atoms with Crippen molar-refractivity contribution in [3.05, 3.63) is 30.3 Å². The number of hydrogen-bond acceptors (Lipinski definition) is 8. The van der Waals surface area contributed by atoms with E-state index in [2.05, 4.69) is 10.6 Å². The van der Waals surface area contributed by atoms with Gasteiger partial charge < -0.3 is 29.7 Å². The summed E-state index contributed by atoms with van der Waals surface area (Å²) in [6.45, 7) is 3.01. The van der Waals surface area contributed by atoms with Crippen LogP contribution in [0.25, 0.3) is 0 Å². The van der Waals surface area contributed by atoms with Crippen LogP contribution in [0, 0.1) is 0 Å². The van der Waals surface area contributed by atoms with Crippen molar-refractivity contribution < 1.29 is 33.4 Å². The Morgan fingerprint density at radius 2 is 1.82 bits per heavy atom. The zero-order valence-corrected chi connectivity index (χ0v) is 19.4. The van der Waals surface area contributed by atoms with Crippen molar-refractivity contribution in [1.82, 2.24) is 15.5 Å². The molecule has 1 saturated heterocycles. The molecule has 1 aromatic rings. The van der Waals surface area contributed by atoms with E-state index in [4.69, 9.17) is 26.4 Å². The van der Waals surface area contributed by atoms with E-state index in [-0.39, 0.29) is 37.6 Å². The summed E-state index contributed by atoms with van der Waals surface area (Å²) < 4.78 is 15.6. The molecule has 1 aliphatic heterocycles. The summed E-state index contributed by atoms with van der Waals surface area (Å²) in [5, 5.41) is 5.21. The Balaban J connectivity index is 1.78. The van der Waals surface area contributed by atoms with E-state index in [0.29, 0.717) is 31.9 Å². The molecule has 33 heavy (non-hydrogen) atoms. The number of rotatable bonds is 11. The first-order chi connectivity index (χ1) is 15.9. The molecule has 0 spiro atoms. The van der Waals surface area contributed by atoms with Gasteiger partial charge in [0.25, 0.3) is 0 Å². The quantitative estimate of drug-likeness (QED) is 0.271. The van der Waals surface area contributed by atoms with E-state index in [1.807, 2.05) is 25.1 Å². The van der Waals surface area contributed by atoms with Gasteiger partial charge in [0.2, 0.25) is 11.8 Å². The molecular weight excluding hydrogens is 450 g/mol. The van der Waals surface area contributed by atoms with Gasteiger partial charge >= 0.3 is 11.9 Å². The number of carbonyl (C=O) groups is 4. The summed E-state index contributed by atoms with van der Waals surface area (Å²) >= 11 is 5.27. The van der Waals surface area contributed by atoms with Gasteiger partial charge in [0.15, 0.2) is 5.11 Å². The Kier molecular flexibility index (Phi) is 11.1. The molecule has 1 fully saturated rings. The SMILES string of the molecule is CCCOC(=O)CCC(=O)NC(=S)N1CCNC(=O)C1CC(=O)OCCOc1ccccc1. The Labute approximate surface area is 197 Å². The van der Waals surface area contributed by atoms with Crippen LogP contribution in [0.3, 0.4) is 0 Å². The average Bonchev–Trinajstić information content (AvgIpc) is 2.81. The third kappa shape index (κ3) is 9.44. The van der Waals surface area contributed by atoms with E-state index in [9.17, 15) is 19.2 Å². The predicted molar refractivity (Wildman–Crippen MR) is 122 cm³/mol. The normalized spacial score (nSPS) is 15.2. The second kappa shape index (κ2) is 14.0. The average molecular weight is 480 g/mol. The summed E-state index contributed by atoms with van der Waals surface area (Å²) in [4.78, 5) is 49.8. The van der Waals surface area contributed by atoms with E-state index in [1.165, 1.54) is 4.90 Å². The van der Waals surface area contributed by atoms with Crippen molar-refractivity contribution in [3.8, 4) is 5.75 Å². The molecule has 1 aliphatic rings. The molecule has 2 amide bonds. The lowest BCUT2D eigenvalue weighted by atomic mass is 10.1. The van der Waals surface area contributed by atoms with Gasteiger partial charge in [-0.15, -0.1) is 0 Å². The summed E-state index contributed by atoms with van der Waals surface area (Å²) in [7, 11) is 0. The van der Waals surface area contributed by atoms with Gasteiger partial charge in [-0.3, -0.25) is 19.2 Å². The largest absolute Gasteiger partial charge is 0.490 e. The van der Waals surface area contributed by atoms with Gasteiger partial charge in [-0.25, -0.2) is 0 Å². The van der Waals surface area contributed by atoms with E-state index in [1.54, 1.807) is 12.1 Å². The number of benzene rings is 1. The molecule has 2 N–H and O–H groups in total. The second-order valence-corrected chi connectivity index (χ2v) is 7.55. The molecule has 0 bridgehead atoms. The number of ether oxygens (including phenoxy) is 3. The molecule has 2 rings (SSSR count). The molecule has 0 aromatic heterocycles. The van der Waals surface area contributed by atoms with Gasteiger partial charge in [0.1, 0.15) is 25.0 Å². The molecule has 11 heteroatoms. The molecular formula is C22H29N3O7S. The minimum Gasteiger partial charge on any atom is -0.490 e. The minimum absolute atomic E-state index is 0.0157. The van der Waals surface area contributed by atoms with Crippen molar-refractivity contribution in [2.45, 2.75) is 38.6 Å². The van der Waals surface area contributed by atoms with Crippen molar-refractivity contribution >= 4 is 41.1 Å². The molecule has 180 valence electrons. The van der Waals surface area contributed by atoms with E-state index >= 15 is 0 Å². The van der Waals surface area contributed by atoms with Gasteiger partial charge in [0, 0.05) is 19.5 Å². The number of thiocarbonyl (C=S) groups is 1. The molecule has 0 radical (unpaired) electrons. The number of esters is 2. The maximum atomic E-state index is 12.3. The van der Waals surface area contributed by atoms with Gasteiger partial charge in [-0.2, -0.15) is 0 Å². The number of para-hydroxylation sites is 1. The van der Waals surface area contributed by atoms with Crippen LogP contribution >= 0.6 is 12.2 Å². The standard InChI is InChI=1S/C22H29N3O7S/c1-2-12-31-19(27)9-8-18(26)24-22(33)25-11-10-23-21(29)17(25)15-20(28)32-14-13-30-16-6-4-3-5-7-16/h3-7,17H,2,8-15H2,1H3,(H,23,29)(H,24,26,33). The lowest BCUT2D eigenvalue weighted by molar-refractivity contribution is -0.148. The maximum absolute atomic E-state index is 12.3. The van der Waals surface area contributed by atoms with E-state index < -0.39 is 29.8 Å². The number of nitrogens with one attached hydrogen (secondary N) is 2. The van der Waals surface area contributed by atoms with Gasteiger partial charge in [0.05, 0.1) is 19.4 Å². The van der Waals surface area contributed by atoms with Crippen LogP contribution in [0.15, 0.2) is 30.3 Å². The highest BCUT2D eigenvalue weighted by Gasteiger charge is 2.34. The Bertz CT molecular complexity index is 835. The van der Waals surface area contributed by atoms with Crippen LogP contribution in [-0.2, 0) is 28.7 Å². The first-order valence-corrected chi connectivity index (χ1v) is 11.2. The molecule has 1 aromatic carbocycles. The fourth-order valence-corrected chi connectivity index (χ4v) is 3.30. The van der Waals surface area contributed by atoms with Crippen molar-refractivity contribution in [2.75, 3.05) is 32.9 Å². The van der Waals surface area contributed by atoms with Crippen LogP contribution in [0.5, 0.6) is 5.75 Å². The van der Waals surface area contributed by atoms with Crippen LogP contribution in [0.4, 0.5) is 0 Å². The summed E-state index contributed by atoms with van der Waals surface area (Å²) in [6, 6.07) is 8.19. The monoisotopic (exact) mass is 479 g/mol. The van der Waals surface area contributed by atoms with Gasteiger partial charge in [-0.1, -0.05) is 25.1 Å². The maximum Gasteiger partial charge on any atom is 0.308 e. The summed E-state index contributed by atoms with van der Waals surface area (Å²) in [5.74, 6) is -1.26. The summed E-state index contributed by atoms with van der Waals surface area (Å²) in [6.07, 6.45) is 0.284. The first-order valence-electron chi connectivity index (χ1n) is 10.8. The number of piperazine rings is 1. The highest BCUT2D eigenvalue weighted by atomic mass is 32.1. The Morgan fingerprint density at radius 1 is 1.09 bits per heavy atom. The van der Waals surface area contributed by atoms with Crippen molar-refractivity contribution in [2.24, 2.45) is 0 Å². The fourth-order valence-electron chi connectivity index (χ4n) is 2.97. The third-order valence-corrected chi connectivity index (χ3v) is 4.92. The highest BCUT2D eigenvalue weighted by molar-refractivity contribution is 7.80.